The van der Waals surface area contributed by atoms with E-state index in [4.69, 9.17) is 4.74 Å². The van der Waals surface area contributed by atoms with Crippen molar-refractivity contribution in [3.8, 4) is 5.75 Å². The van der Waals surface area contributed by atoms with Crippen molar-refractivity contribution < 1.29 is 14.3 Å². The molecule has 1 aliphatic carbocycles. The minimum Gasteiger partial charge on any atom is -0.496 e. The molecule has 0 radical (unpaired) electrons. The molecule has 0 heterocycles. The third-order valence-electron chi connectivity index (χ3n) is 5.76. The molecule has 5 nitrogen and oxygen atoms in total. The molecule has 1 saturated carbocycles. The molecular formula is C25H32N2O3S. The van der Waals surface area contributed by atoms with Crippen molar-refractivity contribution in [2.24, 2.45) is 5.92 Å². The van der Waals surface area contributed by atoms with E-state index in [-0.39, 0.29) is 17.9 Å². The predicted molar refractivity (Wildman–Crippen MR) is 126 cm³/mol. The lowest BCUT2D eigenvalue weighted by atomic mass is 9.89. The van der Waals surface area contributed by atoms with E-state index in [1.54, 1.807) is 13.2 Å². The Labute approximate surface area is 189 Å². The Morgan fingerprint density at radius 1 is 1.06 bits per heavy atom. The fourth-order valence-electron chi connectivity index (χ4n) is 4.00. The van der Waals surface area contributed by atoms with Crippen LogP contribution in [0.4, 0.5) is 0 Å². The van der Waals surface area contributed by atoms with Gasteiger partial charge in [0, 0.05) is 17.0 Å². The molecule has 2 aromatic carbocycles. The highest BCUT2D eigenvalue weighted by atomic mass is 32.2. The van der Waals surface area contributed by atoms with Crippen molar-refractivity contribution in [3.05, 3.63) is 59.7 Å². The molecule has 0 aromatic heterocycles. The number of hydrogen-bond donors (Lipinski definition) is 2. The molecule has 2 amide bonds. The van der Waals surface area contributed by atoms with Crippen LogP contribution in [0.1, 0.15) is 61.0 Å². The molecule has 1 atom stereocenters. The third kappa shape index (κ3) is 6.76. The first-order valence-corrected chi connectivity index (χ1v) is 12.0. The zero-order valence-corrected chi connectivity index (χ0v) is 19.2. The van der Waals surface area contributed by atoms with Crippen LogP contribution in [0, 0.1) is 5.92 Å². The fraction of sp³-hybridized carbons (Fsp3) is 0.440. The summed E-state index contributed by atoms with van der Waals surface area (Å²) in [5.41, 5.74) is 1.50. The minimum absolute atomic E-state index is 0.0215. The Hall–Kier alpha value is -2.47. The highest BCUT2D eigenvalue weighted by molar-refractivity contribution is 8.00. The summed E-state index contributed by atoms with van der Waals surface area (Å²) in [6, 6.07) is 14.9. The van der Waals surface area contributed by atoms with Gasteiger partial charge in [-0.3, -0.25) is 9.59 Å². The monoisotopic (exact) mass is 440 g/mol. The van der Waals surface area contributed by atoms with E-state index in [0.29, 0.717) is 17.2 Å². The van der Waals surface area contributed by atoms with E-state index in [1.807, 2.05) is 49.4 Å². The molecule has 3 rings (SSSR count). The first-order chi connectivity index (χ1) is 15.1. The van der Waals surface area contributed by atoms with Gasteiger partial charge in [-0.05, 0) is 43.9 Å². The largest absolute Gasteiger partial charge is 0.496 e. The molecule has 166 valence electrons. The molecule has 0 saturated heterocycles. The topological polar surface area (TPSA) is 67.4 Å². The molecule has 2 N–H and O–H groups in total. The second-order valence-corrected chi connectivity index (χ2v) is 9.05. The summed E-state index contributed by atoms with van der Waals surface area (Å²) in [5.74, 6) is 1.51. The van der Waals surface area contributed by atoms with E-state index >= 15 is 0 Å². The first kappa shape index (κ1) is 23.2. The minimum atomic E-state index is -0.208. The maximum atomic E-state index is 13.0. The van der Waals surface area contributed by atoms with Crippen LogP contribution in [-0.4, -0.2) is 31.2 Å². The van der Waals surface area contributed by atoms with Gasteiger partial charge in [0.05, 0.1) is 24.5 Å². The lowest BCUT2D eigenvalue weighted by Crippen LogP contribution is -2.31. The summed E-state index contributed by atoms with van der Waals surface area (Å²) in [6.45, 7) is 2.70. The number of amides is 2. The van der Waals surface area contributed by atoms with E-state index in [2.05, 4.69) is 10.6 Å². The van der Waals surface area contributed by atoms with Crippen molar-refractivity contribution >= 4 is 23.6 Å². The Morgan fingerprint density at radius 2 is 1.77 bits per heavy atom. The number of methoxy groups -OCH3 is 1. The number of nitrogens with one attached hydrogen (secondary N) is 2. The third-order valence-corrected chi connectivity index (χ3v) is 6.83. The molecule has 0 bridgehead atoms. The van der Waals surface area contributed by atoms with Crippen LogP contribution >= 0.6 is 11.8 Å². The maximum Gasteiger partial charge on any atom is 0.252 e. The molecule has 2 aromatic rings. The van der Waals surface area contributed by atoms with Crippen LogP contribution in [0.15, 0.2) is 53.4 Å². The van der Waals surface area contributed by atoms with Gasteiger partial charge in [-0.25, -0.2) is 0 Å². The Kier molecular flexibility index (Phi) is 8.83. The molecule has 0 unspecified atom stereocenters. The van der Waals surface area contributed by atoms with Crippen molar-refractivity contribution in [2.45, 2.75) is 50.0 Å². The second-order valence-electron chi connectivity index (χ2n) is 8.03. The van der Waals surface area contributed by atoms with Gasteiger partial charge in [-0.1, -0.05) is 49.6 Å². The number of ether oxygens (including phenoxy) is 1. The Balaban J connectivity index is 1.56. The summed E-state index contributed by atoms with van der Waals surface area (Å²) in [4.78, 5) is 26.1. The molecule has 1 fully saturated rings. The standard InChI is InChI=1S/C25H32N2O3S/c1-18(20-12-6-8-14-22(20)30-2)27-25(29)21-13-7-9-15-23(21)31-17-24(28)26-16-19-10-4-3-5-11-19/h6-9,12-15,18-19H,3-5,10-11,16-17H2,1-2H3,(H,26,28)(H,27,29)/t18-/m1/s1. The number of thioether (sulfide) groups is 1. The van der Waals surface area contributed by atoms with Gasteiger partial charge < -0.3 is 15.4 Å². The van der Waals surface area contributed by atoms with Gasteiger partial charge >= 0.3 is 0 Å². The number of para-hydroxylation sites is 1. The van der Waals surface area contributed by atoms with Crippen LogP contribution in [0.3, 0.4) is 0 Å². The first-order valence-electron chi connectivity index (χ1n) is 11.0. The molecule has 0 spiro atoms. The lowest BCUT2D eigenvalue weighted by Gasteiger charge is -2.21. The quantitative estimate of drug-likeness (QED) is 0.540. The number of hydrogen-bond acceptors (Lipinski definition) is 4. The van der Waals surface area contributed by atoms with Gasteiger partial charge in [-0.15, -0.1) is 11.8 Å². The Morgan fingerprint density at radius 3 is 2.55 bits per heavy atom. The lowest BCUT2D eigenvalue weighted by molar-refractivity contribution is -0.118. The normalized spacial score (nSPS) is 15.2. The SMILES string of the molecule is COc1ccccc1[C@@H](C)NC(=O)c1ccccc1SCC(=O)NCC1CCCCC1. The van der Waals surface area contributed by atoms with Crippen LogP contribution in [-0.2, 0) is 4.79 Å². The number of rotatable bonds is 9. The molecule has 0 aliphatic heterocycles. The number of carbonyl (C=O) groups is 2. The predicted octanol–water partition coefficient (Wildman–Crippen LogP) is 4.97. The van der Waals surface area contributed by atoms with Gasteiger partial charge in [-0.2, -0.15) is 0 Å². The highest BCUT2D eigenvalue weighted by Gasteiger charge is 2.18. The highest BCUT2D eigenvalue weighted by Crippen LogP contribution is 2.27. The zero-order chi connectivity index (χ0) is 22.1. The maximum absolute atomic E-state index is 13.0. The average Bonchev–Trinajstić information content (AvgIpc) is 2.82. The van der Waals surface area contributed by atoms with Gasteiger partial charge in [0.1, 0.15) is 5.75 Å². The summed E-state index contributed by atoms with van der Waals surface area (Å²) >= 11 is 1.40. The van der Waals surface area contributed by atoms with Crippen molar-refractivity contribution in [2.75, 3.05) is 19.4 Å². The summed E-state index contributed by atoms with van der Waals surface area (Å²) < 4.78 is 5.41. The molecular weight excluding hydrogens is 408 g/mol. The van der Waals surface area contributed by atoms with Crippen LogP contribution in [0.25, 0.3) is 0 Å². The summed E-state index contributed by atoms with van der Waals surface area (Å²) in [7, 11) is 1.62. The van der Waals surface area contributed by atoms with Crippen LogP contribution < -0.4 is 15.4 Å². The van der Waals surface area contributed by atoms with E-state index in [1.165, 1.54) is 43.9 Å². The van der Waals surface area contributed by atoms with E-state index < -0.39 is 0 Å². The molecule has 6 heteroatoms. The summed E-state index contributed by atoms with van der Waals surface area (Å²) in [5, 5.41) is 6.11. The number of carbonyl (C=O) groups excluding carboxylic acids is 2. The smallest absolute Gasteiger partial charge is 0.252 e. The molecule has 31 heavy (non-hydrogen) atoms. The van der Waals surface area contributed by atoms with Crippen molar-refractivity contribution in [1.82, 2.24) is 10.6 Å². The zero-order valence-electron chi connectivity index (χ0n) is 18.4. The average molecular weight is 441 g/mol. The molecule has 1 aliphatic rings. The Bertz CT molecular complexity index is 881. The van der Waals surface area contributed by atoms with E-state index in [0.717, 1.165) is 22.8 Å². The van der Waals surface area contributed by atoms with Gasteiger partial charge in [0.2, 0.25) is 5.91 Å². The van der Waals surface area contributed by atoms with Crippen LogP contribution in [0.5, 0.6) is 5.75 Å². The van der Waals surface area contributed by atoms with Gasteiger partial charge in [0.15, 0.2) is 0 Å². The van der Waals surface area contributed by atoms with Crippen molar-refractivity contribution in [1.29, 1.82) is 0 Å². The van der Waals surface area contributed by atoms with E-state index in [9.17, 15) is 9.59 Å². The number of benzene rings is 2. The van der Waals surface area contributed by atoms with Crippen molar-refractivity contribution in [3.63, 3.8) is 0 Å². The fourth-order valence-corrected chi connectivity index (χ4v) is 4.88. The summed E-state index contributed by atoms with van der Waals surface area (Å²) in [6.07, 6.45) is 6.27. The second kappa shape index (κ2) is 11.8. The van der Waals surface area contributed by atoms with Gasteiger partial charge in [0.25, 0.3) is 5.91 Å². The van der Waals surface area contributed by atoms with Crippen LogP contribution in [0.2, 0.25) is 0 Å².